The fourth-order valence-corrected chi connectivity index (χ4v) is 3.98. The lowest BCUT2D eigenvalue weighted by atomic mass is 10.0. The maximum atomic E-state index is 12.6. The predicted octanol–water partition coefficient (Wildman–Crippen LogP) is -2.11. The van der Waals surface area contributed by atoms with Gasteiger partial charge in [0.1, 0.15) is 0 Å². The third-order valence-corrected chi connectivity index (χ3v) is 5.55. The van der Waals surface area contributed by atoms with Crippen LogP contribution in [0.3, 0.4) is 0 Å². The summed E-state index contributed by atoms with van der Waals surface area (Å²) >= 11 is 0. The molecular weight excluding hydrogens is 324 g/mol. The highest BCUT2D eigenvalue weighted by Gasteiger charge is 2.39. The number of rotatable bonds is 6. The van der Waals surface area contributed by atoms with Crippen LogP contribution in [-0.2, 0) is 9.53 Å². The SMILES string of the molecule is O=C(CN1CCN(CCO)CC1)N1CC[C@@](O)(CN2CCOCC2)C1. The van der Waals surface area contributed by atoms with Gasteiger partial charge in [-0.25, -0.2) is 0 Å². The summed E-state index contributed by atoms with van der Waals surface area (Å²) < 4.78 is 5.35. The van der Waals surface area contributed by atoms with Crippen molar-refractivity contribution in [2.75, 3.05) is 91.8 Å². The molecule has 0 aromatic rings. The van der Waals surface area contributed by atoms with E-state index in [2.05, 4.69) is 14.7 Å². The third-order valence-electron chi connectivity index (χ3n) is 5.55. The number of β-amino-alcohol motifs (C(OH)–C–C–N with tert-alkyl or cyclic N) is 2. The summed E-state index contributed by atoms with van der Waals surface area (Å²) in [7, 11) is 0. The van der Waals surface area contributed by atoms with Crippen molar-refractivity contribution in [3.63, 3.8) is 0 Å². The van der Waals surface area contributed by atoms with Crippen molar-refractivity contribution in [2.45, 2.75) is 12.0 Å². The van der Waals surface area contributed by atoms with E-state index in [0.717, 1.165) is 52.5 Å². The number of amides is 1. The largest absolute Gasteiger partial charge is 0.395 e. The standard InChI is InChI=1S/C17H32N4O4/c22-10-7-18-3-5-19(6-4-18)13-16(23)21-2-1-17(24,15-21)14-20-8-11-25-12-9-20/h22,24H,1-15H2/t17-/m1/s1. The molecule has 2 N–H and O–H groups in total. The molecule has 3 rings (SSSR count). The Morgan fingerprint density at radius 2 is 1.64 bits per heavy atom. The van der Waals surface area contributed by atoms with Crippen molar-refractivity contribution < 1.29 is 19.7 Å². The lowest BCUT2D eigenvalue weighted by molar-refractivity contribution is -0.133. The van der Waals surface area contributed by atoms with Gasteiger partial charge in [0.05, 0.1) is 38.5 Å². The van der Waals surface area contributed by atoms with Crippen molar-refractivity contribution in [3.8, 4) is 0 Å². The Kier molecular flexibility index (Phi) is 6.65. The molecular formula is C17H32N4O4. The first-order valence-electron chi connectivity index (χ1n) is 9.44. The van der Waals surface area contributed by atoms with Gasteiger partial charge in [-0.2, -0.15) is 0 Å². The molecule has 3 aliphatic rings. The van der Waals surface area contributed by atoms with Gasteiger partial charge in [0.2, 0.25) is 5.91 Å². The van der Waals surface area contributed by atoms with Crippen molar-refractivity contribution in [3.05, 3.63) is 0 Å². The summed E-state index contributed by atoms with van der Waals surface area (Å²) in [5, 5.41) is 19.8. The molecule has 8 heteroatoms. The van der Waals surface area contributed by atoms with Crippen molar-refractivity contribution >= 4 is 5.91 Å². The van der Waals surface area contributed by atoms with Gasteiger partial charge in [0, 0.05) is 58.9 Å². The summed E-state index contributed by atoms with van der Waals surface area (Å²) in [4.78, 5) is 21.0. The zero-order valence-corrected chi connectivity index (χ0v) is 15.1. The minimum absolute atomic E-state index is 0.119. The molecule has 0 aromatic carbocycles. The molecule has 0 spiro atoms. The smallest absolute Gasteiger partial charge is 0.236 e. The van der Waals surface area contributed by atoms with Crippen LogP contribution in [0, 0.1) is 0 Å². The molecule has 3 heterocycles. The van der Waals surface area contributed by atoms with Gasteiger partial charge in [0.15, 0.2) is 0 Å². The molecule has 0 unspecified atom stereocenters. The number of ether oxygens (including phenoxy) is 1. The second kappa shape index (κ2) is 8.75. The highest BCUT2D eigenvalue weighted by Crippen LogP contribution is 2.23. The molecule has 1 amide bonds. The van der Waals surface area contributed by atoms with Crippen LogP contribution in [0.4, 0.5) is 0 Å². The Labute approximate surface area is 149 Å². The fraction of sp³-hybridized carbons (Fsp3) is 0.941. The summed E-state index contributed by atoms with van der Waals surface area (Å²) in [6.45, 7) is 9.71. The Morgan fingerprint density at radius 3 is 2.32 bits per heavy atom. The number of aliphatic hydroxyl groups excluding tert-OH is 1. The van der Waals surface area contributed by atoms with Crippen molar-refractivity contribution in [1.29, 1.82) is 0 Å². The maximum Gasteiger partial charge on any atom is 0.236 e. The van der Waals surface area contributed by atoms with E-state index >= 15 is 0 Å². The number of hydrogen-bond acceptors (Lipinski definition) is 7. The van der Waals surface area contributed by atoms with E-state index < -0.39 is 5.60 Å². The molecule has 0 saturated carbocycles. The number of carbonyl (C=O) groups is 1. The van der Waals surface area contributed by atoms with Crippen LogP contribution >= 0.6 is 0 Å². The zero-order chi connectivity index (χ0) is 17.7. The van der Waals surface area contributed by atoms with Crippen LogP contribution in [0.5, 0.6) is 0 Å². The summed E-state index contributed by atoms with van der Waals surface area (Å²) in [5.74, 6) is 0.119. The zero-order valence-electron chi connectivity index (χ0n) is 15.1. The minimum atomic E-state index is -0.785. The second-order valence-corrected chi connectivity index (χ2v) is 7.52. The highest BCUT2D eigenvalue weighted by molar-refractivity contribution is 5.78. The minimum Gasteiger partial charge on any atom is -0.395 e. The molecule has 0 aromatic heterocycles. The molecule has 3 aliphatic heterocycles. The van der Waals surface area contributed by atoms with Gasteiger partial charge < -0.3 is 19.8 Å². The average molecular weight is 356 g/mol. The first-order valence-corrected chi connectivity index (χ1v) is 9.44. The van der Waals surface area contributed by atoms with Crippen LogP contribution in [-0.4, -0.2) is 133 Å². The van der Waals surface area contributed by atoms with Crippen molar-refractivity contribution in [2.24, 2.45) is 0 Å². The van der Waals surface area contributed by atoms with Gasteiger partial charge in [-0.1, -0.05) is 0 Å². The molecule has 25 heavy (non-hydrogen) atoms. The number of hydrogen-bond donors (Lipinski definition) is 2. The van der Waals surface area contributed by atoms with Crippen LogP contribution in [0.15, 0.2) is 0 Å². The molecule has 144 valence electrons. The topological polar surface area (TPSA) is 79.7 Å². The lowest BCUT2D eigenvalue weighted by Crippen LogP contribution is -2.51. The highest BCUT2D eigenvalue weighted by atomic mass is 16.5. The monoisotopic (exact) mass is 356 g/mol. The van der Waals surface area contributed by atoms with Crippen LogP contribution in [0.2, 0.25) is 0 Å². The van der Waals surface area contributed by atoms with Crippen LogP contribution in [0.25, 0.3) is 0 Å². The maximum absolute atomic E-state index is 12.6. The van der Waals surface area contributed by atoms with Gasteiger partial charge in [-0.05, 0) is 6.42 Å². The number of nitrogens with zero attached hydrogens (tertiary/aromatic N) is 4. The second-order valence-electron chi connectivity index (χ2n) is 7.52. The Balaban J connectivity index is 1.41. The van der Waals surface area contributed by atoms with E-state index in [1.54, 1.807) is 0 Å². The lowest BCUT2D eigenvalue weighted by Gasteiger charge is -2.35. The number of carbonyl (C=O) groups excluding carboxylic acids is 1. The first-order chi connectivity index (χ1) is 12.1. The summed E-state index contributed by atoms with van der Waals surface area (Å²) in [6, 6.07) is 0. The van der Waals surface area contributed by atoms with Crippen LogP contribution in [0.1, 0.15) is 6.42 Å². The van der Waals surface area contributed by atoms with E-state index in [9.17, 15) is 9.90 Å². The Morgan fingerprint density at radius 1 is 0.960 bits per heavy atom. The van der Waals surface area contributed by atoms with Gasteiger partial charge in [-0.15, -0.1) is 0 Å². The number of aliphatic hydroxyl groups is 2. The van der Waals surface area contributed by atoms with E-state index in [1.807, 2.05) is 4.90 Å². The molecule has 0 radical (unpaired) electrons. The fourth-order valence-electron chi connectivity index (χ4n) is 3.98. The number of piperazine rings is 1. The first kappa shape index (κ1) is 19.0. The van der Waals surface area contributed by atoms with Crippen LogP contribution < -0.4 is 0 Å². The van der Waals surface area contributed by atoms with E-state index in [0.29, 0.717) is 39.1 Å². The quantitative estimate of drug-likeness (QED) is 0.564. The van der Waals surface area contributed by atoms with Gasteiger partial charge in [0.25, 0.3) is 0 Å². The Hall–Kier alpha value is -0.770. The third kappa shape index (κ3) is 5.35. The van der Waals surface area contributed by atoms with Gasteiger partial charge >= 0.3 is 0 Å². The summed E-state index contributed by atoms with van der Waals surface area (Å²) in [5.41, 5.74) is -0.785. The van der Waals surface area contributed by atoms with E-state index in [1.165, 1.54) is 0 Å². The van der Waals surface area contributed by atoms with Crippen molar-refractivity contribution in [1.82, 2.24) is 19.6 Å². The molecule has 3 saturated heterocycles. The molecule has 3 fully saturated rings. The average Bonchev–Trinajstić information content (AvgIpc) is 3.00. The molecule has 1 atom stereocenters. The van der Waals surface area contributed by atoms with Gasteiger partial charge in [-0.3, -0.25) is 19.5 Å². The number of morpholine rings is 1. The molecule has 0 bridgehead atoms. The predicted molar refractivity (Wildman–Crippen MR) is 93.4 cm³/mol. The number of likely N-dealkylation sites (tertiary alicyclic amines) is 1. The van der Waals surface area contributed by atoms with E-state index in [4.69, 9.17) is 9.84 Å². The normalized spacial score (nSPS) is 30.1. The molecule has 8 nitrogen and oxygen atoms in total. The van der Waals surface area contributed by atoms with E-state index in [-0.39, 0.29) is 12.5 Å². The Bertz CT molecular complexity index is 438. The molecule has 0 aliphatic carbocycles. The summed E-state index contributed by atoms with van der Waals surface area (Å²) in [6.07, 6.45) is 0.653.